The van der Waals surface area contributed by atoms with Crippen LogP contribution in [0.3, 0.4) is 0 Å². The second-order valence-electron chi connectivity index (χ2n) is 7.27. The Bertz CT molecular complexity index is 350. The Balaban J connectivity index is 1.56. The predicted molar refractivity (Wildman–Crippen MR) is 80.2 cm³/mol. The zero-order valence-corrected chi connectivity index (χ0v) is 12.7. The van der Waals surface area contributed by atoms with Crippen LogP contribution in [0.15, 0.2) is 0 Å². The smallest absolute Gasteiger partial charge is 0.223 e. The van der Waals surface area contributed by atoms with E-state index in [-0.39, 0.29) is 17.9 Å². The summed E-state index contributed by atoms with van der Waals surface area (Å²) in [6.07, 6.45) is 7.99. The first kappa shape index (κ1) is 14.3. The second kappa shape index (κ2) is 6.02. The molecule has 5 atom stereocenters. The summed E-state index contributed by atoms with van der Waals surface area (Å²) in [5.74, 6) is 1.00. The van der Waals surface area contributed by atoms with Crippen LogP contribution in [0.25, 0.3) is 0 Å². The Morgan fingerprint density at radius 1 is 1.15 bits per heavy atom. The molecule has 20 heavy (non-hydrogen) atoms. The number of amides is 1. The SMILES string of the molecule is CC1CC(N)CC(C(=O)NC2CCN3CCCCC23)C1. The van der Waals surface area contributed by atoms with E-state index in [1.807, 2.05) is 0 Å². The molecule has 1 aliphatic carbocycles. The summed E-state index contributed by atoms with van der Waals surface area (Å²) in [7, 11) is 0. The van der Waals surface area contributed by atoms with E-state index in [9.17, 15) is 4.79 Å². The summed E-state index contributed by atoms with van der Waals surface area (Å²) in [4.78, 5) is 15.1. The van der Waals surface area contributed by atoms with Gasteiger partial charge < -0.3 is 11.1 Å². The van der Waals surface area contributed by atoms with Crippen LogP contribution in [0.1, 0.15) is 51.9 Å². The minimum absolute atomic E-state index is 0.145. The van der Waals surface area contributed by atoms with Crippen molar-refractivity contribution in [2.75, 3.05) is 13.1 Å². The molecule has 2 saturated heterocycles. The standard InChI is InChI=1S/C16H29N3O/c1-11-8-12(10-13(17)9-11)16(20)18-14-5-7-19-6-3-2-4-15(14)19/h11-15H,2-10,17H2,1H3,(H,18,20). The summed E-state index contributed by atoms with van der Waals surface area (Å²) >= 11 is 0. The molecule has 2 aliphatic heterocycles. The van der Waals surface area contributed by atoms with Crippen molar-refractivity contribution in [3.8, 4) is 0 Å². The van der Waals surface area contributed by atoms with Gasteiger partial charge in [0.25, 0.3) is 0 Å². The molecule has 3 N–H and O–H groups in total. The maximum Gasteiger partial charge on any atom is 0.223 e. The molecule has 0 radical (unpaired) electrons. The van der Waals surface area contributed by atoms with E-state index in [0.29, 0.717) is 18.0 Å². The number of hydrogen-bond acceptors (Lipinski definition) is 3. The first-order valence-corrected chi connectivity index (χ1v) is 8.43. The summed E-state index contributed by atoms with van der Waals surface area (Å²) in [6, 6.07) is 1.20. The average Bonchev–Trinajstić information content (AvgIpc) is 2.81. The van der Waals surface area contributed by atoms with E-state index in [0.717, 1.165) is 32.2 Å². The fourth-order valence-corrected chi connectivity index (χ4v) is 4.59. The van der Waals surface area contributed by atoms with Crippen molar-refractivity contribution in [2.45, 2.75) is 70.0 Å². The molecule has 1 amide bonds. The van der Waals surface area contributed by atoms with Crippen molar-refractivity contribution in [2.24, 2.45) is 17.6 Å². The van der Waals surface area contributed by atoms with Crippen LogP contribution in [-0.4, -0.2) is 42.0 Å². The number of carbonyl (C=O) groups is 1. The lowest BCUT2D eigenvalue weighted by atomic mass is 9.79. The van der Waals surface area contributed by atoms with E-state index >= 15 is 0 Å². The van der Waals surface area contributed by atoms with E-state index in [1.165, 1.54) is 25.8 Å². The van der Waals surface area contributed by atoms with Crippen LogP contribution in [0.2, 0.25) is 0 Å². The van der Waals surface area contributed by atoms with Gasteiger partial charge in [-0.15, -0.1) is 0 Å². The van der Waals surface area contributed by atoms with Gasteiger partial charge in [-0.25, -0.2) is 0 Å². The number of carbonyl (C=O) groups excluding carboxylic acids is 1. The second-order valence-corrected chi connectivity index (χ2v) is 7.27. The van der Waals surface area contributed by atoms with Crippen molar-refractivity contribution in [1.29, 1.82) is 0 Å². The summed E-state index contributed by atoms with van der Waals surface area (Å²) in [5.41, 5.74) is 6.08. The zero-order valence-electron chi connectivity index (χ0n) is 12.7. The highest BCUT2D eigenvalue weighted by molar-refractivity contribution is 5.79. The molecule has 0 aromatic carbocycles. The Morgan fingerprint density at radius 2 is 2.00 bits per heavy atom. The molecule has 3 rings (SSSR count). The maximum absolute atomic E-state index is 12.5. The molecule has 1 saturated carbocycles. The quantitative estimate of drug-likeness (QED) is 0.805. The van der Waals surface area contributed by atoms with E-state index in [2.05, 4.69) is 17.1 Å². The molecule has 114 valence electrons. The Labute approximate surface area is 122 Å². The Morgan fingerprint density at radius 3 is 2.80 bits per heavy atom. The maximum atomic E-state index is 12.5. The van der Waals surface area contributed by atoms with E-state index in [1.54, 1.807) is 0 Å². The summed E-state index contributed by atoms with van der Waals surface area (Å²) in [5, 5.41) is 3.35. The minimum Gasteiger partial charge on any atom is -0.352 e. The number of nitrogens with one attached hydrogen (secondary N) is 1. The largest absolute Gasteiger partial charge is 0.352 e. The Hall–Kier alpha value is -0.610. The third kappa shape index (κ3) is 3.01. The lowest BCUT2D eigenvalue weighted by Crippen LogP contribution is -2.49. The molecule has 2 heterocycles. The monoisotopic (exact) mass is 279 g/mol. The normalized spacial score (nSPS) is 42.2. The van der Waals surface area contributed by atoms with Gasteiger partial charge in [0, 0.05) is 30.6 Å². The van der Waals surface area contributed by atoms with Crippen LogP contribution < -0.4 is 11.1 Å². The number of nitrogens with zero attached hydrogens (tertiary/aromatic N) is 1. The highest BCUT2D eigenvalue weighted by atomic mass is 16.2. The molecule has 4 nitrogen and oxygen atoms in total. The number of rotatable bonds is 2. The molecule has 0 bridgehead atoms. The molecule has 3 aliphatic rings. The molecule has 0 aromatic rings. The summed E-state index contributed by atoms with van der Waals surface area (Å²) < 4.78 is 0. The van der Waals surface area contributed by atoms with Gasteiger partial charge in [-0.3, -0.25) is 9.69 Å². The third-order valence-electron chi connectivity index (χ3n) is 5.53. The zero-order chi connectivity index (χ0) is 14.1. The average molecular weight is 279 g/mol. The fraction of sp³-hybridized carbons (Fsp3) is 0.938. The first-order chi connectivity index (χ1) is 9.63. The molecular formula is C16H29N3O. The van der Waals surface area contributed by atoms with Crippen molar-refractivity contribution in [3.05, 3.63) is 0 Å². The molecule has 5 unspecified atom stereocenters. The highest BCUT2D eigenvalue weighted by Crippen LogP contribution is 2.30. The van der Waals surface area contributed by atoms with Crippen molar-refractivity contribution >= 4 is 5.91 Å². The lowest BCUT2D eigenvalue weighted by Gasteiger charge is -2.34. The van der Waals surface area contributed by atoms with Crippen LogP contribution in [-0.2, 0) is 4.79 Å². The van der Waals surface area contributed by atoms with Crippen LogP contribution >= 0.6 is 0 Å². The van der Waals surface area contributed by atoms with Crippen LogP contribution in [0.5, 0.6) is 0 Å². The van der Waals surface area contributed by atoms with Crippen LogP contribution in [0, 0.1) is 11.8 Å². The van der Waals surface area contributed by atoms with Crippen molar-refractivity contribution in [3.63, 3.8) is 0 Å². The van der Waals surface area contributed by atoms with Gasteiger partial charge in [-0.2, -0.15) is 0 Å². The fourth-order valence-electron chi connectivity index (χ4n) is 4.59. The van der Waals surface area contributed by atoms with Gasteiger partial charge in [0.2, 0.25) is 5.91 Å². The number of nitrogens with two attached hydrogens (primary N) is 1. The first-order valence-electron chi connectivity index (χ1n) is 8.43. The minimum atomic E-state index is 0.145. The molecule has 3 fully saturated rings. The number of fused-ring (bicyclic) bond motifs is 1. The Kier molecular flexibility index (Phi) is 4.32. The molecule has 0 aromatic heterocycles. The van der Waals surface area contributed by atoms with Crippen molar-refractivity contribution in [1.82, 2.24) is 10.2 Å². The topological polar surface area (TPSA) is 58.4 Å². The molecule has 4 heteroatoms. The van der Waals surface area contributed by atoms with Gasteiger partial charge in [-0.1, -0.05) is 13.3 Å². The van der Waals surface area contributed by atoms with Gasteiger partial charge in [0.05, 0.1) is 0 Å². The van der Waals surface area contributed by atoms with Gasteiger partial charge in [0.15, 0.2) is 0 Å². The number of piperidine rings is 1. The third-order valence-corrected chi connectivity index (χ3v) is 5.53. The number of hydrogen-bond donors (Lipinski definition) is 2. The van der Waals surface area contributed by atoms with Gasteiger partial charge in [-0.05, 0) is 51.0 Å². The van der Waals surface area contributed by atoms with Gasteiger partial charge >= 0.3 is 0 Å². The van der Waals surface area contributed by atoms with Crippen molar-refractivity contribution < 1.29 is 4.79 Å². The summed E-state index contributed by atoms with van der Waals surface area (Å²) in [6.45, 7) is 4.61. The van der Waals surface area contributed by atoms with E-state index in [4.69, 9.17) is 5.73 Å². The molecular weight excluding hydrogens is 250 g/mol. The van der Waals surface area contributed by atoms with Gasteiger partial charge in [0.1, 0.15) is 0 Å². The van der Waals surface area contributed by atoms with E-state index < -0.39 is 0 Å². The van der Waals surface area contributed by atoms with Crippen LogP contribution in [0.4, 0.5) is 0 Å². The highest BCUT2D eigenvalue weighted by Gasteiger charge is 2.38. The lowest BCUT2D eigenvalue weighted by molar-refractivity contribution is -0.127. The predicted octanol–water partition coefficient (Wildman–Crippen LogP) is 1.49. The molecule has 0 spiro atoms.